The van der Waals surface area contributed by atoms with E-state index in [0.29, 0.717) is 37.0 Å². The molecule has 7 heteroatoms. The molecule has 5 nitrogen and oxygen atoms in total. The highest BCUT2D eigenvalue weighted by atomic mass is 79.9. The van der Waals surface area contributed by atoms with E-state index in [4.69, 9.17) is 9.47 Å². The second kappa shape index (κ2) is 11.7. The highest BCUT2D eigenvalue weighted by Gasteiger charge is 2.11. The summed E-state index contributed by atoms with van der Waals surface area (Å²) >= 11 is 3.61. The molecule has 0 bridgehead atoms. The van der Waals surface area contributed by atoms with Crippen molar-refractivity contribution in [3.8, 4) is 11.5 Å². The van der Waals surface area contributed by atoms with Crippen LogP contribution in [0.1, 0.15) is 31.4 Å². The molecule has 0 saturated carbocycles. The van der Waals surface area contributed by atoms with Crippen LogP contribution >= 0.6 is 15.9 Å². The molecule has 3 rings (SSSR count). The van der Waals surface area contributed by atoms with Crippen molar-refractivity contribution in [2.75, 3.05) is 17.7 Å². The number of ether oxygens (including phenoxy) is 2. The summed E-state index contributed by atoms with van der Waals surface area (Å²) in [5, 5.41) is 6.31. The van der Waals surface area contributed by atoms with Gasteiger partial charge in [-0.25, -0.2) is 4.39 Å². The first-order chi connectivity index (χ1) is 15.8. The Morgan fingerprint density at radius 3 is 2.45 bits per heavy atom. The Balaban J connectivity index is 1.64. The molecule has 0 heterocycles. The Kier molecular flexibility index (Phi) is 8.72. The zero-order chi connectivity index (χ0) is 23.8. The van der Waals surface area contributed by atoms with Crippen LogP contribution in [0.25, 0.3) is 0 Å². The first kappa shape index (κ1) is 24.6. The first-order valence-electron chi connectivity index (χ1n) is 10.7. The fraction of sp³-hybridized carbons (Fsp3) is 0.269. The number of carbonyl (C=O) groups excluding carboxylic acids is 1. The quantitative estimate of drug-likeness (QED) is 0.313. The summed E-state index contributed by atoms with van der Waals surface area (Å²) < 4.78 is 25.4. The predicted octanol–water partition coefficient (Wildman–Crippen LogP) is 6.77. The van der Waals surface area contributed by atoms with Gasteiger partial charge in [-0.05, 0) is 59.5 Å². The minimum Gasteiger partial charge on any atom is -0.493 e. The molecule has 0 aliphatic carbocycles. The van der Waals surface area contributed by atoms with Crippen molar-refractivity contribution in [3.05, 3.63) is 82.1 Å². The molecule has 0 radical (unpaired) electrons. The summed E-state index contributed by atoms with van der Waals surface area (Å²) in [5.41, 5.74) is 3.49. The standard InChI is InChI=1S/C26H28BrFN2O3/c1-17(2)11-26(31)30-22-6-4-5-21(13-22)29-15-19-12-24(32-3)25(14-23(19)27)33-16-18-7-9-20(28)10-8-18/h4-10,12-14,17,29H,11,15-16H2,1-3H3,(H,30,31). The summed E-state index contributed by atoms with van der Waals surface area (Å²) in [6, 6.07) is 17.6. The van der Waals surface area contributed by atoms with Crippen LogP contribution in [0.4, 0.5) is 15.8 Å². The van der Waals surface area contributed by atoms with Gasteiger partial charge in [0.15, 0.2) is 11.5 Å². The maximum Gasteiger partial charge on any atom is 0.224 e. The molecule has 0 spiro atoms. The Hall–Kier alpha value is -3.06. The van der Waals surface area contributed by atoms with Crippen LogP contribution in [-0.2, 0) is 17.9 Å². The van der Waals surface area contributed by atoms with Gasteiger partial charge >= 0.3 is 0 Å². The lowest BCUT2D eigenvalue weighted by atomic mass is 10.1. The number of methoxy groups -OCH3 is 1. The summed E-state index contributed by atoms with van der Waals surface area (Å²) in [5.74, 6) is 1.23. The first-order valence-corrected chi connectivity index (χ1v) is 11.5. The SMILES string of the molecule is COc1cc(CNc2cccc(NC(=O)CC(C)C)c2)c(Br)cc1OCc1ccc(F)cc1. The molecule has 0 unspecified atom stereocenters. The maximum absolute atomic E-state index is 13.1. The van der Waals surface area contributed by atoms with Gasteiger partial charge in [0, 0.05) is 28.8 Å². The average Bonchev–Trinajstić information content (AvgIpc) is 2.77. The highest BCUT2D eigenvalue weighted by Crippen LogP contribution is 2.34. The lowest BCUT2D eigenvalue weighted by Crippen LogP contribution is -2.13. The molecule has 0 aliphatic heterocycles. The number of hydrogen-bond donors (Lipinski definition) is 2. The Morgan fingerprint density at radius 1 is 1.03 bits per heavy atom. The molecule has 0 atom stereocenters. The second-order valence-electron chi connectivity index (χ2n) is 8.09. The summed E-state index contributed by atoms with van der Waals surface area (Å²) in [6.07, 6.45) is 0.486. The average molecular weight is 515 g/mol. The van der Waals surface area contributed by atoms with Gasteiger partial charge in [-0.15, -0.1) is 0 Å². The summed E-state index contributed by atoms with van der Waals surface area (Å²) in [6.45, 7) is 4.88. The van der Waals surface area contributed by atoms with Gasteiger partial charge in [0.25, 0.3) is 0 Å². The number of halogens is 2. The molecule has 3 aromatic carbocycles. The van der Waals surface area contributed by atoms with Gasteiger partial charge in [-0.3, -0.25) is 4.79 Å². The van der Waals surface area contributed by atoms with E-state index < -0.39 is 0 Å². The third kappa shape index (κ3) is 7.49. The predicted molar refractivity (Wildman–Crippen MR) is 133 cm³/mol. The van der Waals surface area contributed by atoms with Crippen molar-refractivity contribution in [2.45, 2.75) is 33.4 Å². The number of amides is 1. The molecule has 2 N–H and O–H groups in total. The van der Waals surface area contributed by atoms with Crippen molar-refractivity contribution in [1.82, 2.24) is 0 Å². The molecule has 3 aromatic rings. The molecular formula is C26H28BrFN2O3. The van der Waals surface area contributed by atoms with E-state index in [-0.39, 0.29) is 11.7 Å². The minimum atomic E-state index is -0.278. The van der Waals surface area contributed by atoms with Crippen molar-refractivity contribution >= 4 is 33.2 Å². The van der Waals surface area contributed by atoms with Crippen LogP contribution < -0.4 is 20.1 Å². The fourth-order valence-electron chi connectivity index (χ4n) is 3.21. The van der Waals surface area contributed by atoms with Crippen LogP contribution in [0.2, 0.25) is 0 Å². The van der Waals surface area contributed by atoms with Crippen LogP contribution in [0.5, 0.6) is 11.5 Å². The van der Waals surface area contributed by atoms with Crippen LogP contribution in [0.15, 0.2) is 65.1 Å². The Labute approximate surface area is 202 Å². The summed E-state index contributed by atoms with van der Waals surface area (Å²) in [4.78, 5) is 12.0. The largest absolute Gasteiger partial charge is 0.493 e. The Morgan fingerprint density at radius 2 is 1.76 bits per heavy atom. The molecule has 0 aliphatic rings. The fourth-order valence-corrected chi connectivity index (χ4v) is 3.68. The van der Waals surface area contributed by atoms with Crippen LogP contribution in [0, 0.1) is 11.7 Å². The van der Waals surface area contributed by atoms with Crippen LogP contribution in [0.3, 0.4) is 0 Å². The smallest absolute Gasteiger partial charge is 0.224 e. The van der Waals surface area contributed by atoms with Crippen molar-refractivity contribution in [2.24, 2.45) is 5.92 Å². The lowest BCUT2D eigenvalue weighted by molar-refractivity contribution is -0.116. The van der Waals surface area contributed by atoms with E-state index in [1.807, 2.05) is 50.2 Å². The number of anilines is 2. The van der Waals surface area contributed by atoms with E-state index >= 15 is 0 Å². The van der Waals surface area contributed by atoms with Gasteiger partial charge in [0.2, 0.25) is 5.91 Å². The van der Waals surface area contributed by atoms with Crippen molar-refractivity contribution in [1.29, 1.82) is 0 Å². The van der Waals surface area contributed by atoms with Crippen molar-refractivity contribution < 1.29 is 18.7 Å². The van der Waals surface area contributed by atoms with E-state index in [1.165, 1.54) is 12.1 Å². The third-order valence-corrected chi connectivity index (χ3v) is 5.60. The topological polar surface area (TPSA) is 59.6 Å². The highest BCUT2D eigenvalue weighted by molar-refractivity contribution is 9.10. The molecule has 33 heavy (non-hydrogen) atoms. The van der Waals surface area contributed by atoms with E-state index in [2.05, 4.69) is 26.6 Å². The molecular weight excluding hydrogens is 487 g/mol. The molecule has 0 saturated heterocycles. The van der Waals surface area contributed by atoms with E-state index in [0.717, 1.165) is 27.0 Å². The lowest BCUT2D eigenvalue weighted by Gasteiger charge is -2.15. The van der Waals surface area contributed by atoms with E-state index in [1.54, 1.807) is 19.2 Å². The van der Waals surface area contributed by atoms with Gasteiger partial charge in [-0.1, -0.05) is 48.0 Å². The number of nitrogens with one attached hydrogen (secondary N) is 2. The zero-order valence-electron chi connectivity index (χ0n) is 19.0. The molecule has 0 fully saturated rings. The monoisotopic (exact) mass is 514 g/mol. The number of rotatable bonds is 10. The van der Waals surface area contributed by atoms with Crippen molar-refractivity contribution in [3.63, 3.8) is 0 Å². The maximum atomic E-state index is 13.1. The van der Waals surface area contributed by atoms with Gasteiger partial charge in [-0.2, -0.15) is 0 Å². The van der Waals surface area contributed by atoms with E-state index in [9.17, 15) is 9.18 Å². The third-order valence-electron chi connectivity index (χ3n) is 4.86. The number of carbonyl (C=O) groups is 1. The summed E-state index contributed by atoms with van der Waals surface area (Å²) in [7, 11) is 1.59. The van der Waals surface area contributed by atoms with Gasteiger partial charge in [0.05, 0.1) is 7.11 Å². The number of hydrogen-bond acceptors (Lipinski definition) is 4. The van der Waals surface area contributed by atoms with Gasteiger partial charge < -0.3 is 20.1 Å². The zero-order valence-corrected chi connectivity index (χ0v) is 20.5. The normalized spacial score (nSPS) is 10.7. The second-order valence-corrected chi connectivity index (χ2v) is 8.94. The van der Waals surface area contributed by atoms with Gasteiger partial charge in [0.1, 0.15) is 12.4 Å². The number of benzene rings is 3. The molecule has 174 valence electrons. The van der Waals surface area contributed by atoms with Crippen LogP contribution in [-0.4, -0.2) is 13.0 Å². The molecule has 1 amide bonds. The minimum absolute atomic E-state index is 0.00542. The molecule has 0 aromatic heterocycles. The Bertz CT molecular complexity index is 1090.